The molecule has 4 nitrogen and oxygen atoms in total. The Morgan fingerprint density at radius 3 is 3.12 bits per heavy atom. The van der Waals surface area contributed by atoms with Crippen LogP contribution in [0.15, 0.2) is 36.5 Å². The summed E-state index contributed by atoms with van der Waals surface area (Å²) in [7, 11) is 0. The van der Waals surface area contributed by atoms with E-state index in [9.17, 15) is 4.79 Å². The van der Waals surface area contributed by atoms with Gasteiger partial charge in [0.05, 0.1) is 12.1 Å². The van der Waals surface area contributed by atoms with Crippen LogP contribution in [0.5, 0.6) is 0 Å². The fourth-order valence-electron chi connectivity index (χ4n) is 1.97. The first kappa shape index (κ1) is 10.2. The maximum atomic E-state index is 12.1. The van der Waals surface area contributed by atoms with Crippen molar-refractivity contribution in [3.05, 3.63) is 42.1 Å². The van der Waals surface area contributed by atoms with E-state index in [0.717, 1.165) is 10.9 Å². The molecule has 0 atom stereocenters. The van der Waals surface area contributed by atoms with E-state index in [0.29, 0.717) is 25.4 Å². The number of carbonyl (C=O) groups is 1. The molecule has 0 saturated carbocycles. The van der Waals surface area contributed by atoms with Crippen LogP contribution in [-0.2, 0) is 4.74 Å². The van der Waals surface area contributed by atoms with Gasteiger partial charge >= 0.3 is 0 Å². The minimum atomic E-state index is 0.0215. The number of amides is 1. The van der Waals surface area contributed by atoms with Crippen LogP contribution in [0.1, 0.15) is 10.4 Å². The SMILES string of the molecule is O=C(c1ccc2ncccc2c1)N1CCOC1. The molecule has 1 amide bonds. The lowest BCUT2D eigenvalue weighted by atomic mass is 10.1. The van der Waals surface area contributed by atoms with Crippen molar-refractivity contribution in [1.29, 1.82) is 0 Å². The fraction of sp³-hybridized carbons (Fsp3) is 0.231. The second kappa shape index (κ2) is 4.14. The Labute approximate surface area is 98.8 Å². The molecule has 1 fully saturated rings. The van der Waals surface area contributed by atoms with Crippen molar-refractivity contribution in [2.24, 2.45) is 0 Å². The van der Waals surface area contributed by atoms with E-state index >= 15 is 0 Å². The lowest BCUT2D eigenvalue weighted by molar-refractivity contribution is 0.0695. The predicted octanol–water partition coefficient (Wildman–Crippen LogP) is 1.66. The van der Waals surface area contributed by atoms with Gasteiger partial charge in [0, 0.05) is 23.7 Å². The van der Waals surface area contributed by atoms with E-state index in [1.54, 1.807) is 11.1 Å². The summed E-state index contributed by atoms with van der Waals surface area (Å²) in [5.41, 5.74) is 1.60. The Kier molecular flexibility index (Phi) is 2.49. The molecule has 0 spiro atoms. The van der Waals surface area contributed by atoms with Gasteiger partial charge in [-0.2, -0.15) is 0 Å². The highest BCUT2D eigenvalue weighted by atomic mass is 16.5. The molecule has 1 aromatic carbocycles. The number of aromatic nitrogens is 1. The van der Waals surface area contributed by atoms with Gasteiger partial charge in [-0.3, -0.25) is 9.78 Å². The minimum Gasteiger partial charge on any atom is -0.359 e. The number of fused-ring (bicyclic) bond motifs is 1. The number of benzene rings is 1. The first-order valence-corrected chi connectivity index (χ1v) is 5.56. The van der Waals surface area contributed by atoms with Crippen LogP contribution in [0.4, 0.5) is 0 Å². The Hall–Kier alpha value is -1.94. The molecule has 2 heterocycles. The second-order valence-electron chi connectivity index (χ2n) is 4.02. The monoisotopic (exact) mass is 228 g/mol. The maximum Gasteiger partial charge on any atom is 0.255 e. The largest absolute Gasteiger partial charge is 0.359 e. The highest BCUT2D eigenvalue weighted by Gasteiger charge is 2.19. The van der Waals surface area contributed by atoms with Crippen molar-refractivity contribution in [1.82, 2.24) is 9.88 Å². The van der Waals surface area contributed by atoms with Crippen LogP contribution in [0.25, 0.3) is 10.9 Å². The molecule has 1 saturated heterocycles. The summed E-state index contributed by atoms with van der Waals surface area (Å²) in [6.07, 6.45) is 1.75. The van der Waals surface area contributed by atoms with Crippen molar-refractivity contribution < 1.29 is 9.53 Å². The van der Waals surface area contributed by atoms with Crippen molar-refractivity contribution >= 4 is 16.8 Å². The molecular weight excluding hydrogens is 216 g/mol. The standard InChI is InChI=1S/C13H12N2O2/c16-13(15-6-7-17-9-15)11-3-4-12-10(8-11)2-1-5-14-12/h1-5,8H,6-7,9H2. The van der Waals surface area contributed by atoms with Crippen LogP contribution < -0.4 is 0 Å². The number of rotatable bonds is 1. The third kappa shape index (κ3) is 1.87. The van der Waals surface area contributed by atoms with Crippen LogP contribution in [0, 0.1) is 0 Å². The molecule has 3 rings (SSSR count). The normalized spacial score (nSPS) is 15.4. The topological polar surface area (TPSA) is 42.4 Å². The van der Waals surface area contributed by atoms with Gasteiger partial charge in [0.2, 0.25) is 0 Å². The van der Waals surface area contributed by atoms with E-state index in [-0.39, 0.29) is 5.91 Å². The summed E-state index contributed by atoms with van der Waals surface area (Å²) in [6.45, 7) is 1.69. The van der Waals surface area contributed by atoms with Gasteiger partial charge in [-0.15, -0.1) is 0 Å². The maximum absolute atomic E-state index is 12.1. The Morgan fingerprint density at radius 2 is 2.29 bits per heavy atom. The van der Waals surface area contributed by atoms with E-state index in [4.69, 9.17) is 4.74 Å². The number of hydrogen-bond donors (Lipinski definition) is 0. The van der Waals surface area contributed by atoms with Gasteiger partial charge in [-0.25, -0.2) is 0 Å². The smallest absolute Gasteiger partial charge is 0.255 e. The molecule has 1 aliphatic rings. The summed E-state index contributed by atoms with van der Waals surface area (Å²) in [6, 6.07) is 9.40. The molecular formula is C13H12N2O2. The van der Waals surface area contributed by atoms with E-state index in [1.807, 2.05) is 30.3 Å². The van der Waals surface area contributed by atoms with Gasteiger partial charge in [0.1, 0.15) is 6.73 Å². The highest BCUT2D eigenvalue weighted by Crippen LogP contribution is 2.15. The summed E-state index contributed by atoms with van der Waals surface area (Å²) in [5, 5.41) is 0.985. The zero-order chi connectivity index (χ0) is 11.7. The van der Waals surface area contributed by atoms with Crippen molar-refractivity contribution in [2.75, 3.05) is 19.9 Å². The van der Waals surface area contributed by atoms with Gasteiger partial charge < -0.3 is 9.64 Å². The Bertz CT molecular complexity index is 562. The van der Waals surface area contributed by atoms with Crippen molar-refractivity contribution in [2.45, 2.75) is 0 Å². The summed E-state index contributed by atoms with van der Waals surface area (Å²) in [4.78, 5) is 18.1. The lowest BCUT2D eigenvalue weighted by Crippen LogP contribution is -2.28. The molecule has 2 aromatic rings. The third-order valence-electron chi connectivity index (χ3n) is 2.89. The van der Waals surface area contributed by atoms with E-state index < -0.39 is 0 Å². The lowest BCUT2D eigenvalue weighted by Gasteiger charge is -2.13. The quantitative estimate of drug-likeness (QED) is 0.745. The molecule has 0 unspecified atom stereocenters. The molecule has 1 aliphatic heterocycles. The number of nitrogens with zero attached hydrogens (tertiary/aromatic N) is 2. The second-order valence-corrected chi connectivity index (χ2v) is 4.02. The average molecular weight is 228 g/mol. The average Bonchev–Trinajstić information content (AvgIpc) is 2.91. The van der Waals surface area contributed by atoms with Gasteiger partial charge in [-0.05, 0) is 24.3 Å². The van der Waals surface area contributed by atoms with Gasteiger partial charge in [-0.1, -0.05) is 6.07 Å². The molecule has 17 heavy (non-hydrogen) atoms. The van der Waals surface area contributed by atoms with Crippen LogP contribution in [-0.4, -0.2) is 35.7 Å². The van der Waals surface area contributed by atoms with Crippen molar-refractivity contribution in [3.63, 3.8) is 0 Å². The molecule has 0 aliphatic carbocycles. The summed E-state index contributed by atoms with van der Waals surface area (Å²) >= 11 is 0. The van der Waals surface area contributed by atoms with Gasteiger partial charge in [0.25, 0.3) is 5.91 Å². The zero-order valence-electron chi connectivity index (χ0n) is 9.30. The third-order valence-corrected chi connectivity index (χ3v) is 2.89. The molecule has 4 heteroatoms. The highest BCUT2D eigenvalue weighted by molar-refractivity contribution is 5.97. The van der Waals surface area contributed by atoms with E-state index in [2.05, 4.69) is 4.98 Å². The molecule has 0 N–H and O–H groups in total. The van der Waals surface area contributed by atoms with Crippen LogP contribution in [0.2, 0.25) is 0 Å². The van der Waals surface area contributed by atoms with Gasteiger partial charge in [0.15, 0.2) is 0 Å². The van der Waals surface area contributed by atoms with Crippen LogP contribution >= 0.6 is 0 Å². The number of ether oxygens (including phenoxy) is 1. The Balaban J connectivity index is 1.97. The minimum absolute atomic E-state index is 0.0215. The molecule has 1 aromatic heterocycles. The number of hydrogen-bond acceptors (Lipinski definition) is 3. The summed E-state index contributed by atoms with van der Waals surface area (Å²) in [5.74, 6) is 0.0215. The first-order valence-electron chi connectivity index (χ1n) is 5.56. The Morgan fingerprint density at radius 1 is 1.35 bits per heavy atom. The zero-order valence-corrected chi connectivity index (χ0v) is 9.30. The summed E-state index contributed by atoms with van der Waals surface area (Å²) < 4.78 is 5.18. The molecule has 0 radical (unpaired) electrons. The van der Waals surface area contributed by atoms with E-state index in [1.165, 1.54) is 0 Å². The number of pyridine rings is 1. The van der Waals surface area contributed by atoms with Crippen LogP contribution in [0.3, 0.4) is 0 Å². The number of carbonyl (C=O) groups excluding carboxylic acids is 1. The predicted molar refractivity (Wildman–Crippen MR) is 63.6 cm³/mol. The fourth-order valence-corrected chi connectivity index (χ4v) is 1.97. The van der Waals surface area contributed by atoms with Crippen molar-refractivity contribution in [3.8, 4) is 0 Å². The molecule has 0 bridgehead atoms. The molecule has 86 valence electrons. The first-order chi connectivity index (χ1) is 8.34.